The first-order valence-corrected chi connectivity index (χ1v) is 6.08. The maximum Gasteiger partial charge on any atom is 0.316 e. The van der Waals surface area contributed by atoms with E-state index >= 15 is 0 Å². The fraction of sp³-hybridized carbons (Fsp3) is 0.556. The van der Waals surface area contributed by atoms with Crippen LogP contribution in [-0.2, 0) is 9.53 Å². The van der Waals surface area contributed by atoms with E-state index in [2.05, 4.69) is 4.98 Å². The van der Waals surface area contributed by atoms with E-state index in [1.807, 2.05) is 26.2 Å². The number of carbonyl (C=O) groups excluding carboxylic acids is 1. The second-order valence-corrected chi connectivity index (χ2v) is 5.79. The standard InChI is InChI=1S/C9H13NO2S2/c1-9(2,3)12-7(11)6-14-8-10-4-5-13-8/h4-5H,6H2,1-3H3. The van der Waals surface area contributed by atoms with Crippen molar-refractivity contribution in [3.8, 4) is 0 Å². The summed E-state index contributed by atoms with van der Waals surface area (Å²) in [6.45, 7) is 5.58. The van der Waals surface area contributed by atoms with Gasteiger partial charge in [0.15, 0.2) is 0 Å². The zero-order valence-electron chi connectivity index (χ0n) is 8.44. The Bertz CT molecular complexity index is 290. The summed E-state index contributed by atoms with van der Waals surface area (Å²) in [5, 5.41) is 1.89. The summed E-state index contributed by atoms with van der Waals surface area (Å²) in [6, 6.07) is 0. The molecule has 0 amide bonds. The highest BCUT2D eigenvalue weighted by molar-refractivity contribution is 8.01. The fourth-order valence-electron chi connectivity index (χ4n) is 0.773. The lowest BCUT2D eigenvalue weighted by Crippen LogP contribution is -2.24. The van der Waals surface area contributed by atoms with Gasteiger partial charge in [0.2, 0.25) is 0 Å². The van der Waals surface area contributed by atoms with E-state index in [4.69, 9.17) is 4.74 Å². The van der Waals surface area contributed by atoms with Crippen LogP contribution < -0.4 is 0 Å². The van der Waals surface area contributed by atoms with Crippen molar-refractivity contribution < 1.29 is 9.53 Å². The maximum absolute atomic E-state index is 11.3. The second-order valence-electron chi connectivity index (χ2n) is 3.67. The third kappa shape index (κ3) is 4.62. The predicted molar refractivity (Wildman–Crippen MR) is 58.7 cm³/mol. The van der Waals surface area contributed by atoms with Gasteiger partial charge in [-0.25, -0.2) is 4.98 Å². The van der Waals surface area contributed by atoms with Gasteiger partial charge in [0.1, 0.15) is 9.94 Å². The average Bonchev–Trinajstić information content (AvgIpc) is 2.49. The second kappa shape index (κ2) is 4.79. The van der Waals surface area contributed by atoms with Gasteiger partial charge in [-0.1, -0.05) is 11.8 Å². The van der Waals surface area contributed by atoms with Crippen LogP contribution in [0.2, 0.25) is 0 Å². The van der Waals surface area contributed by atoms with Crippen molar-refractivity contribution in [2.45, 2.75) is 30.7 Å². The van der Waals surface area contributed by atoms with Gasteiger partial charge in [0, 0.05) is 11.6 Å². The minimum Gasteiger partial charge on any atom is -0.459 e. The number of ether oxygens (including phenoxy) is 1. The normalized spacial score (nSPS) is 11.4. The molecule has 0 fully saturated rings. The summed E-state index contributed by atoms with van der Waals surface area (Å²) in [6.07, 6.45) is 1.72. The zero-order valence-corrected chi connectivity index (χ0v) is 10.1. The van der Waals surface area contributed by atoms with Gasteiger partial charge < -0.3 is 4.74 Å². The molecule has 0 N–H and O–H groups in total. The van der Waals surface area contributed by atoms with Crippen molar-refractivity contribution in [1.29, 1.82) is 0 Å². The van der Waals surface area contributed by atoms with Crippen molar-refractivity contribution in [2.24, 2.45) is 0 Å². The topological polar surface area (TPSA) is 39.2 Å². The van der Waals surface area contributed by atoms with Gasteiger partial charge in [0.05, 0.1) is 5.75 Å². The van der Waals surface area contributed by atoms with Gasteiger partial charge in [0.25, 0.3) is 0 Å². The lowest BCUT2D eigenvalue weighted by atomic mass is 10.2. The summed E-state index contributed by atoms with van der Waals surface area (Å²) in [4.78, 5) is 15.3. The molecule has 1 aromatic heterocycles. The molecule has 1 aromatic rings. The molecule has 0 radical (unpaired) electrons. The molecule has 78 valence electrons. The lowest BCUT2D eigenvalue weighted by Gasteiger charge is -2.18. The molecular weight excluding hydrogens is 218 g/mol. The van der Waals surface area contributed by atoms with Crippen LogP contribution in [0.3, 0.4) is 0 Å². The van der Waals surface area contributed by atoms with Crippen molar-refractivity contribution >= 4 is 29.1 Å². The van der Waals surface area contributed by atoms with Crippen LogP contribution in [0.1, 0.15) is 20.8 Å². The van der Waals surface area contributed by atoms with E-state index in [-0.39, 0.29) is 5.97 Å². The summed E-state index contributed by atoms with van der Waals surface area (Å²) in [5.74, 6) is 0.128. The average molecular weight is 231 g/mol. The molecule has 0 unspecified atom stereocenters. The van der Waals surface area contributed by atoms with Gasteiger partial charge >= 0.3 is 5.97 Å². The van der Waals surface area contributed by atoms with Gasteiger partial charge in [-0.15, -0.1) is 11.3 Å². The fourth-order valence-corrected chi connectivity index (χ4v) is 2.18. The minimum absolute atomic E-state index is 0.197. The number of esters is 1. The van der Waals surface area contributed by atoms with Crippen LogP contribution in [0.5, 0.6) is 0 Å². The Kier molecular flexibility index (Phi) is 3.95. The number of rotatable bonds is 3. The molecule has 5 heteroatoms. The molecule has 1 rings (SSSR count). The third-order valence-electron chi connectivity index (χ3n) is 1.14. The Balaban J connectivity index is 2.29. The smallest absolute Gasteiger partial charge is 0.316 e. The highest BCUT2D eigenvalue weighted by atomic mass is 32.2. The monoisotopic (exact) mass is 231 g/mol. The summed E-state index contributed by atoms with van der Waals surface area (Å²) < 4.78 is 6.05. The largest absolute Gasteiger partial charge is 0.459 e. The molecule has 0 aliphatic carbocycles. The summed E-state index contributed by atoms with van der Waals surface area (Å²) >= 11 is 2.94. The van der Waals surface area contributed by atoms with Crippen LogP contribution in [0.4, 0.5) is 0 Å². The molecular formula is C9H13NO2S2. The van der Waals surface area contributed by atoms with E-state index in [1.165, 1.54) is 23.1 Å². The Labute approximate surface area is 91.9 Å². The summed E-state index contributed by atoms with van der Waals surface area (Å²) in [7, 11) is 0. The molecule has 1 heterocycles. The van der Waals surface area contributed by atoms with E-state index in [9.17, 15) is 4.79 Å². The predicted octanol–water partition coefficient (Wildman–Crippen LogP) is 2.58. The van der Waals surface area contributed by atoms with Crippen LogP contribution >= 0.6 is 23.1 Å². The number of hydrogen-bond donors (Lipinski definition) is 0. The number of thiazole rings is 1. The van der Waals surface area contributed by atoms with E-state index in [0.717, 1.165) is 4.34 Å². The van der Waals surface area contributed by atoms with Crippen molar-refractivity contribution in [3.05, 3.63) is 11.6 Å². The summed E-state index contributed by atoms with van der Waals surface area (Å²) in [5.41, 5.74) is -0.402. The van der Waals surface area contributed by atoms with Gasteiger partial charge in [-0.05, 0) is 20.8 Å². The van der Waals surface area contributed by atoms with Crippen molar-refractivity contribution in [2.75, 3.05) is 5.75 Å². The number of thioether (sulfide) groups is 1. The SMILES string of the molecule is CC(C)(C)OC(=O)CSc1nccs1. The van der Waals surface area contributed by atoms with E-state index in [0.29, 0.717) is 5.75 Å². The molecule has 3 nitrogen and oxygen atoms in total. The molecule has 0 spiro atoms. The molecule has 14 heavy (non-hydrogen) atoms. The molecule has 0 saturated heterocycles. The first-order valence-electron chi connectivity index (χ1n) is 4.21. The van der Waals surface area contributed by atoms with Crippen molar-refractivity contribution in [1.82, 2.24) is 4.98 Å². The highest BCUT2D eigenvalue weighted by Crippen LogP contribution is 2.20. The highest BCUT2D eigenvalue weighted by Gasteiger charge is 2.16. The molecule has 0 aliphatic rings. The number of nitrogens with zero attached hydrogens (tertiary/aromatic N) is 1. The van der Waals surface area contributed by atoms with Crippen LogP contribution in [0.15, 0.2) is 15.9 Å². The quantitative estimate of drug-likeness (QED) is 0.592. The van der Waals surface area contributed by atoms with Crippen LogP contribution in [-0.4, -0.2) is 22.3 Å². The molecule has 0 bridgehead atoms. The molecule has 0 aromatic carbocycles. The third-order valence-corrected chi connectivity index (χ3v) is 3.08. The van der Waals surface area contributed by atoms with E-state index < -0.39 is 5.60 Å². The van der Waals surface area contributed by atoms with Gasteiger partial charge in [-0.2, -0.15) is 0 Å². The van der Waals surface area contributed by atoms with Crippen LogP contribution in [0, 0.1) is 0 Å². The van der Waals surface area contributed by atoms with Gasteiger partial charge in [-0.3, -0.25) is 4.79 Å². The molecule has 0 aliphatic heterocycles. The zero-order chi connectivity index (χ0) is 10.6. The van der Waals surface area contributed by atoms with E-state index in [1.54, 1.807) is 6.20 Å². The molecule has 0 atom stereocenters. The maximum atomic E-state index is 11.3. The Morgan fingerprint density at radius 1 is 1.64 bits per heavy atom. The number of aromatic nitrogens is 1. The Morgan fingerprint density at radius 3 is 2.86 bits per heavy atom. The minimum atomic E-state index is -0.402. The Hall–Kier alpha value is -0.550. The van der Waals surface area contributed by atoms with Crippen LogP contribution in [0.25, 0.3) is 0 Å². The van der Waals surface area contributed by atoms with Crippen molar-refractivity contribution in [3.63, 3.8) is 0 Å². The first-order chi connectivity index (χ1) is 6.47. The lowest BCUT2D eigenvalue weighted by molar-refractivity contribution is -0.151. The first kappa shape index (κ1) is 11.5. The number of carbonyl (C=O) groups is 1. The Morgan fingerprint density at radius 2 is 2.36 bits per heavy atom. The molecule has 0 saturated carbocycles. The number of hydrogen-bond acceptors (Lipinski definition) is 5.